The second-order valence-electron chi connectivity index (χ2n) is 7.41. The summed E-state index contributed by atoms with van der Waals surface area (Å²) in [5.74, 6) is 0.891. The van der Waals surface area contributed by atoms with E-state index in [0.717, 1.165) is 16.5 Å². The zero-order valence-corrected chi connectivity index (χ0v) is 16.7. The number of benzene rings is 1. The fourth-order valence-corrected chi connectivity index (χ4v) is 5.56. The largest absolute Gasteiger partial charge is 0.355 e. The summed E-state index contributed by atoms with van der Waals surface area (Å²) >= 11 is 18.9. The number of amides is 1. The lowest BCUT2D eigenvalue weighted by molar-refractivity contribution is -0.121. The predicted molar refractivity (Wildman–Crippen MR) is 107 cm³/mol. The third kappa shape index (κ3) is 3.13. The first-order valence-corrected chi connectivity index (χ1v) is 10.0. The van der Waals surface area contributed by atoms with Crippen LogP contribution in [0.5, 0.6) is 0 Å². The van der Waals surface area contributed by atoms with Crippen molar-refractivity contribution in [3.8, 4) is 0 Å². The number of hydrogen-bond acceptors (Lipinski definition) is 1. The van der Waals surface area contributed by atoms with Crippen molar-refractivity contribution in [3.63, 3.8) is 0 Å². The van der Waals surface area contributed by atoms with Gasteiger partial charge in [0.2, 0.25) is 5.91 Å². The van der Waals surface area contributed by atoms with Crippen molar-refractivity contribution in [2.45, 2.75) is 19.3 Å². The summed E-state index contributed by atoms with van der Waals surface area (Å²) < 4.78 is 0. The average molecular weight is 409 g/mol. The Morgan fingerprint density at radius 2 is 1.81 bits per heavy atom. The summed E-state index contributed by atoms with van der Waals surface area (Å²) in [4.78, 5) is 12.3. The quantitative estimate of drug-likeness (QED) is 0.632. The van der Waals surface area contributed by atoms with Gasteiger partial charge in [0.05, 0.1) is 5.92 Å². The molecule has 2 nitrogen and oxygen atoms in total. The molecule has 0 spiro atoms. The number of carbonyl (C=O) groups excluding carboxylic acids is 1. The first-order valence-electron chi connectivity index (χ1n) is 8.90. The zero-order chi connectivity index (χ0) is 18.4. The molecule has 0 bridgehead atoms. The van der Waals surface area contributed by atoms with Gasteiger partial charge in [-0.1, -0.05) is 64.7 Å². The molecule has 1 aromatic carbocycles. The van der Waals surface area contributed by atoms with E-state index in [-0.39, 0.29) is 35.5 Å². The van der Waals surface area contributed by atoms with E-state index in [1.165, 1.54) is 11.1 Å². The highest BCUT2D eigenvalue weighted by atomic mass is 35.5. The van der Waals surface area contributed by atoms with E-state index < -0.39 is 0 Å². The lowest BCUT2D eigenvalue weighted by Crippen LogP contribution is -2.36. The number of carbonyl (C=O) groups is 1. The highest BCUT2D eigenvalue weighted by molar-refractivity contribution is 6.35. The van der Waals surface area contributed by atoms with Crippen molar-refractivity contribution in [1.82, 2.24) is 5.32 Å². The molecule has 0 saturated carbocycles. The van der Waals surface area contributed by atoms with Crippen LogP contribution in [0.15, 0.2) is 58.1 Å². The van der Waals surface area contributed by atoms with E-state index in [1.807, 2.05) is 24.3 Å². The highest BCUT2D eigenvalue weighted by Gasteiger charge is 2.48. The van der Waals surface area contributed by atoms with Crippen LogP contribution >= 0.6 is 34.8 Å². The molecule has 136 valence electrons. The molecule has 0 aromatic heterocycles. The summed E-state index contributed by atoms with van der Waals surface area (Å²) in [7, 11) is 0. The third-order valence-corrected chi connectivity index (χ3v) is 6.88. The van der Waals surface area contributed by atoms with Gasteiger partial charge in [-0.2, -0.15) is 0 Å². The average Bonchev–Trinajstić information content (AvgIpc) is 2.96. The minimum absolute atomic E-state index is 0.0718. The van der Waals surface area contributed by atoms with Gasteiger partial charge in [0, 0.05) is 27.5 Å². The van der Waals surface area contributed by atoms with Gasteiger partial charge in [0.25, 0.3) is 0 Å². The van der Waals surface area contributed by atoms with Crippen LogP contribution in [-0.4, -0.2) is 12.5 Å². The number of fused-ring (bicyclic) bond motifs is 1. The molecule has 4 rings (SSSR count). The van der Waals surface area contributed by atoms with E-state index >= 15 is 0 Å². The van der Waals surface area contributed by atoms with Gasteiger partial charge in [0.15, 0.2) is 0 Å². The van der Waals surface area contributed by atoms with Gasteiger partial charge >= 0.3 is 0 Å². The summed E-state index contributed by atoms with van der Waals surface area (Å²) in [5.41, 5.74) is 2.44. The van der Waals surface area contributed by atoms with Crippen LogP contribution in [0.1, 0.15) is 24.8 Å². The van der Waals surface area contributed by atoms with Crippen molar-refractivity contribution < 1.29 is 4.79 Å². The van der Waals surface area contributed by atoms with E-state index in [1.54, 1.807) is 0 Å². The van der Waals surface area contributed by atoms with Gasteiger partial charge < -0.3 is 5.32 Å². The molecule has 1 amide bonds. The lowest BCUT2D eigenvalue weighted by Gasteiger charge is -2.42. The maximum atomic E-state index is 12.3. The predicted octanol–water partition coefficient (Wildman–Crippen LogP) is 5.63. The Labute approximate surface area is 168 Å². The smallest absolute Gasteiger partial charge is 0.227 e. The van der Waals surface area contributed by atoms with Gasteiger partial charge in [0.1, 0.15) is 0 Å². The van der Waals surface area contributed by atoms with Crippen molar-refractivity contribution in [3.05, 3.63) is 68.7 Å². The fraction of sp³-hybridized carbons (Fsp3) is 0.381. The number of rotatable bonds is 2. The van der Waals surface area contributed by atoms with Gasteiger partial charge in [-0.25, -0.2) is 0 Å². The molecule has 1 heterocycles. The van der Waals surface area contributed by atoms with Crippen LogP contribution in [0, 0.1) is 23.7 Å². The van der Waals surface area contributed by atoms with Crippen LogP contribution in [0.2, 0.25) is 5.02 Å². The van der Waals surface area contributed by atoms with Gasteiger partial charge in [-0.15, -0.1) is 0 Å². The van der Waals surface area contributed by atoms with Gasteiger partial charge in [-0.3, -0.25) is 4.79 Å². The molecule has 1 fully saturated rings. The maximum Gasteiger partial charge on any atom is 0.227 e. The fourth-order valence-electron chi connectivity index (χ4n) is 4.83. The Bertz CT molecular complexity index is 824. The third-order valence-electron chi connectivity index (χ3n) is 5.98. The normalized spacial score (nSPS) is 33.8. The summed E-state index contributed by atoms with van der Waals surface area (Å²) in [6.07, 6.45) is 6.85. The molecular formula is C21H20Cl3NO. The molecule has 1 unspecified atom stereocenters. The van der Waals surface area contributed by atoms with Crippen LogP contribution in [0.4, 0.5) is 0 Å². The molecule has 1 saturated heterocycles. The molecule has 26 heavy (non-hydrogen) atoms. The molecule has 0 radical (unpaired) electrons. The van der Waals surface area contributed by atoms with E-state index in [0.29, 0.717) is 11.6 Å². The van der Waals surface area contributed by atoms with Crippen LogP contribution in [-0.2, 0) is 4.79 Å². The van der Waals surface area contributed by atoms with Crippen LogP contribution in [0.3, 0.4) is 0 Å². The minimum Gasteiger partial charge on any atom is -0.355 e. The molecule has 1 N–H and O–H groups in total. The molecule has 5 heteroatoms. The Balaban J connectivity index is 1.80. The number of hydrogen-bond donors (Lipinski definition) is 1. The molecular weight excluding hydrogens is 389 g/mol. The number of allylic oxidation sites excluding steroid dienone is 5. The molecule has 1 aromatic rings. The van der Waals surface area contributed by atoms with Crippen molar-refractivity contribution in [2.75, 3.05) is 6.54 Å². The van der Waals surface area contributed by atoms with E-state index in [9.17, 15) is 4.79 Å². The first-order chi connectivity index (χ1) is 12.5. The second-order valence-corrected chi connectivity index (χ2v) is 8.72. The van der Waals surface area contributed by atoms with Crippen LogP contribution in [0.25, 0.3) is 0 Å². The number of halogens is 3. The Kier molecular flexibility index (Phi) is 4.94. The Hall–Kier alpha value is -1.22. The van der Waals surface area contributed by atoms with Crippen molar-refractivity contribution in [2.24, 2.45) is 23.7 Å². The molecule has 1 aliphatic heterocycles. The van der Waals surface area contributed by atoms with Crippen molar-refractivity contribution >= 4 is 40.7 Å². The van der Waals surface area contributed by atoms with E-state index in [2.05, 4.69) is 30.4 Å². The van der Waals surface area contributed by atoms with E-state index in [4.69, 9.17) is 34.8 Å². The molecule has 3 aliphatic rings. The Morgan fingerprint density at radius 1 is 1.08 bits per heavy atom. The minimum atomic E-state index is -0.0718. The number of nitrogens with one attached hydrogen (secondary N) is 1. The summed E-state index contributed by atoms with van der Waals surface area (Å²) in [6.45, 7) is 2.82. The second kappa shape index (κ2) is 7.07. The van der Waals surface area contributed by atoms with Crippen molar-refractivity contribution in [1.29, 1.82) is 0 Å². The lowest BCUT2D eigenvalue weighted by atomic mass is 9.61. The first kappa shape index (κ1) is 18.2. The Morgan fingerprint density at radius 3 is 2.50 bits per heavy atom. The highest BCUT2D eigenvalue weighted by Crippen LogP contribution is 2.52. The standard InChI is InChI=1S/C21H20Cl3NO/c1-11-8-16-17(10-25-21(16)26)20(12-2-4-13(22)5-3-12)19(11)15-7-6-14(23)9-18(15)24/h2-6,8-9,15-17,19-20H,7,10H2,1H3,(H,25,26)/t15?,16-,17-,19-,20-/m1/s1. The topological polar surface area (TPSA) is 29.1 Å². The van der Waals surface area contributed by atoms with Gasteiger partial charge in [-0.05, 0) is 54.9 Å². The molecule has 5 atom stereocenters. The summed E-state index contributed by atoms with van der Waals surface area (Å²) in [6, 6.07) is 8.02. The molecule has 2 aliphatic carbocycles. The monoisotopic (exact) mass is 407 g/mol. The summed E-state index contributed by atoms with van der Waals surface area (Å²) in [5, 5.41) is 5.26. The maximum absolute atomic E-state index is 12.3. The SMILES string of the molecule is CC1=C[C@H]2C(=O)NC[C@H]2[C@@H](c2ccc(Cl)cc2)[C@H]1C1CC=C(Cl)C=C1Cl. The zero-order valence-electron chi connectivity index (χ0n) is 14.4. The van der Waals surface area contributed by atoms with Crippen LogP contribution < -0.4 is 5.32 Å².